The Bertz CT molecular complexity index is 1070. The van der Waals surface area contributed by atoms with E-state index in [1.807, 2.05) is 61.2 Å². The molecule has 4 nitrogen and oxygen atoms in total. The number of aliphatic hydroxyl groups excluding tert-OH is 1. The zero-order valence-corrected chi connectivity index (χ0v) is 13.6. The average molecular weight is 327 g/mol. The van der Waals surface area contributed by atoms with Crippen molar-refractivity contribution in [2.24, 2.45) is 0 Å². The van der Waals surface area contributed by atoms with Gasteiger partial charge < -0.3 is 9.67 Å². The van der Waals surface area contributed by atoms with Gasteiger partial charge in [-0.1, -0.05) is 48.5 Å². The maximum absolute atomic E-state index is 10.8. The Morgan fingerprint density at radius 2 is 1.80 bits per heavy atom. The van der Waals surface area contributed by atoms with Gasteiger partial charge in [0.05, 0.1) is 36.1 Å². The van der Waals surface area contributed by atoms with Gasteiger partial charge in [-0.25, -0.2) is 4.98 Å². The van der Waals surface area contributed by atoms with E-state index in [9.17, 15) is 5.11 Å². The van der Waals surface area contributed by atoms with E-state index in [1.54, 1.807) is 0 Å². The molecule has 0 amide bonds. The minimum atomic E-state index is -0.629. The van der Waals surface area contributed by atoms with Crippen molar-refractivity contribution >= 4 is 10.8 Å². The Labute approximate surface area is 145 Å². The summed E-state index contributed by atoms with van der Waals surface area (Å²) < 4.78 is 2.15. The number of aliphatic hydroxyl groups is 1. The van der Waals surface area contributed by atoms with Crippen LogP contribution >= 0.6 is 0 Å². The van der Waals surface area contributed by atoms with Crippen molar-refractivity contribution in [2.45, 2.75) is 18.6 Å². The number of fused-ring (bicyclic) bond motifs is 4. The third-order valence-corrected chi connectivity index (χ3v) is 5.04. The largest absolute Gasteiger partial charge is 0.387 e. The number of hydrogen-bond acceptors (Lipinski definition) is 3. The fourth-order valence-electron chi connectivity index (χ4n) is 3.79. The van der Waals surface area contributed by atoms with Crippen LogP contribution in [0.5, 0.6) is 0 Å². The van der Waals surface area contributed by atoms with E-state index < -0.39 is 6.10 Å². The lowest BCUT2D eigenvalue weighted by molar-refractivity contribution is 0.149. The lowest BCUT2D eigenvalue weighted by atomic mass is 9.97. The lowest BCUT2D eigenvalue weighted by Gasteiger charge is -2.19. The molecule has 2 aromatic carbocycles. The van der Waals surface area contributed by atoms with Gasteiger partial charge in [0.1, 0.15) is 0 Å². The second-order valence-electron chi connectivity index (χ2n) is 6.50. The smallest absolute Gasteiger partial charge is 0.0983 e. The molecule has 0 saturated heterocycles. The summed E-state index contributed by atoms with van der Waals surface area (Å²) in [6, 6.07) is 18.5. The molecular weight excluding hydrogens is 310 g/mol. The Hall–Kier alpha value is -2.98. The number of aromatic nitrogens is 3. The Morgan fingerprint density at radius 3 is 2.72 bits per heavy atom. The Kier molecular flexibility index (Phi) is 3.18. The van der Waals surface area contributed by atoms with Crippen LogP contribution in [0.15, 0.2) is 73.3 Å². The highest BCUT2D eigenvalue weighted by Crippen LogP contribution is 2.42. The Balaban J connectivity index is 1.50. The maximum Gasteiger partial charge on any atom is 0.0983 e. The van der Waals surface area contributed by atoms with Crippen molar-refractivity contribution in [3.05, 3.63) is 84.6 Å². The van der Waals surface area contributed by atoms with E-state index in [4.69, 9.17) is 0 Å². The first kappa shape index (κ1) is 14.4. The fraction of sp³-hybridized carbons (Fsp3) is 0.143. The third-order valence-electron chi connectivity index (χ3n) is 5.04. The molecule has 2 atom stereocenters. The number of hydrogen-bond donors (Lipinski definition) is 1. The highest BCUT2D eigenvalue weighted by atomic mass is 16.3. The van der Waals surface area contributed by atoms with Crippen molar-refractivity contribution in [2.75, 3.05) is 0 Å². The normalized spacial score (nSPS) is 16.6. The lowest BCUT2D eigenvalue weighted by Crippen LogP contribution is -2.11. The molecule has 0 saturated carbocycles. The van der Waals surface area contributed by atoms with Crippen LogP contribution in [0.3, 0.4) is 0 Å². The average Bonchev–Trinajstić information content (AvgIpc) is 3.24. The molecule has 1 N–H and O–H groups in total. The van der Waals surface area contributed by atoms with Crippen molar-refractivity contribution in [1.82, 2.24) is 14.5 Å². The van der Waals surface area contributed by atoms with Gasteiger partial charge in [0, 0.05) is 23.6 Å². The summed E-state index contributed by atoms with van der Waals surface area (Å²) in [7, 11) is 0. The molecule has 1 aliphatic heterocycles. The molecular formula is C21H17N3O. The molecule has 2 unspecified atom stereocenters. The van der Waals surface area contributed by atoms with Crippen LogP contribution in [0.1, 0.15) is 29.8 Å². The van der Waals surface area contributed by atoms with Crippen LogP contribution < -0.4 is 0 Å². The van der Waals surface area contributed by atoms with Gasteiger partial charge in [0.15, 0.2) is 0 Å². The number of benzene rings is 2. The predicted octanol–water partition coefficient (Wildman–Crippen LogP) is 4.12. The molecule has 4 heteroatoms. The summed E-state index contributed by atoms with van der Waals surface area (Å²) in [6.07, 6.45) is 5.52. The first-order valence-corrected chi connectivity index (χ1v) is 8.45. The van der Waals surface area contributed by atoms with E-state index >= 15 is 0 Å². The molecule has 25 heavy (non-hydrogen) atoms. The fourth-order valence-corrected chi connectivity index (χ4v) is 3.79. The summed E-state index contributed by atoms with van der Waals surface area (Å²) in [4.78, 5) is 8.75. The zero-order chi connectivity index (χ0) is 16.8. The zero-order valence-electron chi connectivity index (χ0n) is 13.6. The predicted molar refractivity (Wildman–Crippen MR) is 97.1 cm³/mol. The van der Waals surface area contributed by atoms with E-state index in [2.05, 4.69) is 26.7 Å². The van der Waals surface area contributed by atoms with Gasteiger partial charge in [0.2, 0.25) is 0 Å². The van der Waals surface area contributed by atoms with Gasteiger partial charge in [-0.05, 0) is 17.0 Å². The molecule has 0 spiro atoms. The molecule has 0 radical (unpaired) electrons. The van der Waals surface area contributed by atoms with Crippen molar-refractivity contribution in [3.8, 4) is 11.3 Å². The maximum atomic E-state index is 10.8. The Morgan fingerprint density at radius 1 is 1.00 bits per heavy atom. The van der Waals surface area contributed by atoms with Crippen LogP contribution in [0.2, 0.25) is 0 Å². The van der Waals surface area contributed by atoms with E-state index in [1.165, 1.54) is 11.1 Å². The standard InChI is InChI=1S/C21H17N3O/c25-21(18-9-14-5-1-2-6-15(14)11-23-18)10-19-16-7-3-4-8-17(16)20-12-22-13-24(19)20/h1-9,11-13,19,21,25H,10H2. The van der Waals surface area contributed by atoms with Crippen molar-refractivity contribution < 1.29 is 5.11 Å². The van der Waals surface area contributed by atoms with Gasteiger partial charge >= 0.3 is 0 Å². The molecule has 0 fully saturated rings. The second-order valence-corrected chi connectivity index (χ2v) is 6.50. The monoisotopic (exact) mass is 327 g/mol. The first-order chi connectivity index (χ1) is 12.3. The topological polar surface area (TPSA) is 50.9 Å². The van der Waals surface area contributed by atoms with Gasteiger partial charge in [-0.3, -0.25) is 4.98 Å². The first-order valence-electron chi connectivity index (χ1n) is 8.45. The second kappa shape index (κ2) is 5.53. The summed E-state index contributed by atoms with van der Waals surface area (Å²) in [5.41, 5.74) is 4.26. The molecule has 122 valence electrons. The summed E-state index contributed by atoms with van der Waals surface area (Å²) >= 11 is 0. The van der Waals surface area contributed by atoms with Gasteiger partial charge in [-0.2, -0.15) is 0 Å². The van der Waals surface area contributed by atoms with Crippen LogP contribution in [0.25, 0.3) is 22.0 Å². The molecule has 0 aliphatic carbocycles. The van der Waals surface area contributed by atoms with E-state index in [0.29, 0.717) is 12.1 Å². The van der Waals surface area contributed by atoms with Crippen LogP contribution in [0, 0.1) is 0 Å². The highest BCUT2D eigenvalue weighted by Gasteiger charge is 2.30. The van der Waals surface area contributed by atoms with E-state index in [-0.39, 0.29) is 6.04 Å². The summed E-state index contributed by atoms with van der Waals surface area (Å²) in [5.74, 6) is 0. The molecule has 0 bridgehead atoms. The van der Waals surface area contributed by atoms with Crippen molar-refractivity contribution in [3.63, 3.8) is 0 Å². The quantitative estimate of drug-likeness (QED) is 0.616. The number of rotatable bonds is 3. The van der Waals surface area contributed by atoms with Crippen molar-refractivity contribution in [1.29, 1.82) is 0 Å². The minimum Gasteiger partial charge on any atom is -0.387 e. The number of imidazole rings is 1. The molecule has 2 aromatic heterocycles. The number of pyridine rings is 1. The van der Waals surface area contributed by atoms with Crippen LogP contribution in [0.4, 0.5) is 0 Å². The SMILES string of the molecule is OC(CC1c2ccccc2-c2cncn21)c1cc2ccccc2cn1. The van der Waals surface area contributed by atoms with Crippen LogP contribution in [-0.4, -0.2) is 19.6 Å². The number of nitrogens with zero attached hydrogens (tertiary/aromatic N) is 3. The molecule has 3 heterocycles. The minimum absolute atomic E-state index is 0.0805. The summed E-state index contributed by atoms with van der Waals surface area (Å²) in [6.45, 7) is 0. The molecule has 4 aromatic rings. The van der Waals surface area contributed by atoms with E-state index in [0.717, 1.165) is 16.5 Å². The van der Waals surface area contributed by atoms with Gasteiger partial charge in [-0.15, -0.1) is 0 Å². The molecule has 1 aliphatic rings. The van der Waals surface area contributed by atoms with Gasteiger partial charge in [0.25, 0.3) is 0 Å². The third kappa shape index (κ3) is 2.26. The highest BCUT2D eigenvalue weighted by molar-refractivity contribution is 5.81. The van der Waals surface area contributed by atoms with Crippen LogP contribution in [-0.2, 0) is 0 Å². The molecule has 5 rings (SSSR count). The summed E-state index contributed by atoms with van der Waals surface area (Å²) in [5, 5.41) is 13.0.